The van der Waals surface area contributed by atoms with Gasteiger partial charge < -0.3 is 10.2 Å². The molecular formula is C22H21F6N7. The molecule has 4 rings (SSSR count). The number of alkyl halides is 6. The lowest BCUT2D eigenvalue weighted by atomic mass is 10.1. The maximum Gasteiger partial charge on any atom is 0.434 e. The summed E-state index contributed by atoms with van der Waals surface area (Å²) in [6.45, 7) is 4.23. The number of rotatable bonds is 4. The van der Waals surface area contributed by atoms with Crippen molar-refractivity contribution in [3.8, 4) is 0 Å². The molecule has 3 aromatic rings. The lowest BCUT2D eigenvalue weighted by molar-refractivity contribution is -0.141. The lowest BCUT2D eigenvalue weighted by Gasteiger charge is -2.24. The number of nitrogens with zero attached hydrogens (tertiary/aromatic N) is 6. The molecule has 3 aromatic heterocycles. The highest BCUT2D eigenvalue weighted by molar-refractivity contribution is 5.58. The molecule has 0 bridgehead atoms. The van der Waals surface area contributed by atoms with E-state index in [9.17, 15) is 26.3 Å². The van der Waals surface area contributed by atoms with Crippen molar-refractivity contribution in [2.75, 3.05) is 23.3 Å². The van der Waals surface area contributed by atoms with Crippen LogP contribution >= 0.6 is 0 Å². The average molecular weight is 497 g/mol. The zero-order chi connectivity index (χ0) is 25.4. The van der Waals surface area contributed by atoms with Gasteiger partial charge in [-0.3, -0.25) is 0 Å². The van der Waals surface area contributed by atoms with Crippen LogP contribution in [0.2, 0.25) is 0 Å². The van der Waals surface area contributed by atoms with Gasteiger partial charge in [0, 0.05) is 37.2 Å². The number of halogens is 6. The van der Waals surface area contributed by atoms with Crippen LogP contribution in [0.25, 0.3) is 0 Å². The summed E-state index contributed by atoms with van der Waals surface area (Å²) in [7, 11) is 0. The molecule has 0 saturated heterocycles. The number of hydrogen-bond acceptors (Lipinski definition) is 7. The first-order valence-corrected chi connectivity index (χ1v) is 10.8. The number of fused-ring (bicyclic) bond motifs is 1. The smallest absolute Gasteiger partial charge is 0.355 e. The highest BCUT2D eigenvalue weighted by atomic mass is 19.4. The summed E-state index contributed by atoms with van der Waals surface area (Å²) in [5.41, 5.74) is -0.640. The van der Waals surface area contributed by atoms with Gasteiger partial charge in [0.25, 0.3) is 0 Å². The minimum absolute atomic E-state index is 0.0544. The fourth-order valence-electron chi connectivity index (χ4n) is 3.72. The van der Waals surface area contributed by atoms with Crippen molar-refractivity contribution in [3.05, 3.63) is 59.1 Å². The first-order valence-electron chi connectivity index (χ1n) is 10.8. The van der Waals surface area contributed by atoms with E-state index in [1.165, 1.54) is 12.3 Å². The molecule has 0 atom stereocenters. The van der Waals surface area contributed by atoms with Crippen LogP contribution in [-0.2, 0) is 25.2 Å². The van der Waals surface area contributed by atoms with Gasteiger partial charge in [0.1, 0.15) is 23.3 Å². The molecule has 1 N–H and O–H groups in total. The maximum absolute atomic E-state index is 13.5. The second-order valence-electron chi connectivity index (χ2n) is 8.28. The van der Waals surface area contributed by atoms with E-state index in [-0.39, 0.29) is 37.1 Å². The van der Waals surface area contributed by atoms with Crippen molar-refractivity contribution < 1.29 is 26.3 Å². The van der Waals surface area contributed by atoms with Crippen molar-refractivity contribution >= 4 is 17.5 Å². The average Bonchev–Trinajstić information content (AvgIpc) is 3.01. The van der Waals surface area contributed by atoms with Gasteiger partial charge in [0.2, 0.25) is 0 Å². The van der Waals surface area contributed by atoms with Crippen LogP contribution in [0.1, 0.15) is 48.1 Å². The largest absolute Gasteiger partial charge is 0.434 e. The van der Waals surface area contributed by atoms with Crippen LogP contribution in [0.5, 0.6) is 0 Å². The molecule has 7 nitrogen and oxygen atoms in total. The summed E-state index contributed by atoms with van der Waals surface area (Å²) in [4.78, 5) is 21.9. The number of aromatic nitrogens is 5. The summed E-state index contributed by atoms with van der Waals surface area (Å²) in [5.74, 6) is 0.665. The molecule has 13 heteroatoms. The summed E-state index contributed by atoms with van der Waals surface area (Å²) < 4.78 is 79.0. The van der Waals surface area contributed by atoms with Crippen molar-refractivity contribution in [2.45, 2.75) is 45.0 Å². The van der Waals surface area contributed by atoms with Gasteiger partial charge in [-0.2, -0.15) is 26.3 Å². The van der Waals surface area contributed by atoms with Crippen molar-refractivity contribution in [2.24, 2.45) is 0 Å². The lowest BCUT2D eigenvalue weighted by Crippen LogP contribution is -2.29. The SMILES string of the molecule is CC(C)c1nc2c(c(Nc3cnc(C(F)(F)F)cn3)n1)CCN(c1ncccc1C(F)(F)F)CC2. The molecule has 0 aliphatic carbocycles. The fourth-order valence-corrected chi connectivity index (χ4v) is 3.72. The van der Waals surface area contributed by atoms with Gasteiger partial charge in [-0.05, 0) is 18.6 Å². The molecule has 186 valence electrons. The molecule has 35 heavy (non-hydrogen) atoms. The van der Waals surface area contributed by atoms with Crippen molar-refractivity contribution in [1.29, 1.82) is 0 Å². The van der Waals surface area contributed by atoms with Gasteiger partial charge in [0.15, 0.2) is 5.69 Å². The van der Waals surface area contributed by atoms with Crippen LogP contribution < -0.4 is 10.2 Å². The van der Waals surface area contributed by atoms with Gasteiger partial charge in [-0.1, -0.05) is 13.8 Å². The van der Waals surface area contributed by atoms with E-state index < -0.39 is 23.6 Å². The van der Waals surface area contributed by atoms with E-state index >= 15 is 0 Å². The minimum atomic E-state index is -4.62. The van der Waals surface area contributed by atoms with Crippen LogP contribution in [0.15, 0.2) is 30.7 Å². The molecule has 4 heterocycles. The Morgan fingerprint density at radius 3 is 2.29 bits per heavy atom. The standard InChI is InChI=1S/C22H21F6N7/c1-12(2)18-32-15-6-9-35(20-14(21(23,24)25)4-3-7-29-20)8-5-13(15)19(34-18)33-17-11-30-16(10-31-17)22(26,27)28/h3-4,7,10-12H,5-6,8-9H2,1-2H3,(H,31,32,33,34). The topological polar surface area (TPSA) is 79.7 Å². The highest BCUT2D eigenvalue weighted by Gasteiger charge is 2.36. The Kier molecular flexibility index (Phi) is 6.52. The maximum atomic E-state index is 13.5. The Morgan fingerprint density at radius 2 is 1.66 bits per heavy atom. The van der Waals surface area contributed by atoms with E-state index in [4.69, 9.17) is 0 Å². The molecule has 0 amide bonds. The number of hydrogen-bond donors (Lipinski definition) is 1. The first kappa shape index (κ1) is 24.6. The summed E-state index contributed by atoms with van der Waals surface area (Å²) in [5, 5.41) is 2.92. The molecule has 0 unspecified atom stereocenters. The van der Waals surface area contributed by atoms with Gasteiger partial charge in [-0.15, -0.1) is 0 Å². The zero-order valence-corrected chi connectivity index (χ0v) is 18.7. The Bertz CT molecular complexity index is 1190. The van der Waals surface area contributed by atoms with Crippen molar-refractivity contribution in [3.63, 3.8) is 0 Å². The van der Waals surface area contributed by atoms with E-state index in [2.05, 4.69) is 30.2 Å². The van der Waals surface area contributed by atoms with Gasteiger partial charge >= 0.3 is 12.4 Å². The second kappa shape index (κ2) is 9.27. The van der Waals surface area contributed by atoms with Gasteiger partial charge in [-0.25, -0.2) is 24.9 Å². The third-order valence-corrected chi connectivity index (χ3v) is 5.46. The molecule has 0 radical (unpaired) electrons. The summed E-state index contributed by atoms with van der Waals surface area (Å²) in [6.07, 6.45) is -5.66. The number of pyridine rings is 1. The predicted molar refractivity (Wildman–Crippen MR) is 115 cm³/mol. The number of nitrogens with one attached hydrogen (secondary N) is 1. The molecule has 1 aliphatic heterocycles. The highest BCUT2D eigenvalue weighted by Crippen LogP contribution is 2.36. The Morgan fingerprint density at radius 1 is 0.914 bits per heavy atom. The van der Waals surface area contributed by atoms with E-state index in [0.717, 1.165) is 12.3 Å². The molecule has 0 aromatic carbocycles. The minimum Gasteiger partial charge on any atom is -0.355 e. The van der Waals surface area contributed by atoms with E-state index in [1.54, 1.807) is 4.90 Å². The second-order valence-corrected chi connectivity index (χ2v) is 8.28. The van der Waals surface area contributed by atoms with Crippen molar-refractivity contribution in [1.82, 2.24) is 24.9 Å². The molecule has 0 saturated carbocycles. The Labute approximate surface area is 196 Å². The molecule has 1 aliphatic rings. The third-order valence-electron chi connectivity index (χ3n) is 5.46. The number of anilines is 3. The summed E-state index contributed by atoms with van der Waals surface area (Å²) in [6, 6.07) is 2.24. The Balaban J connectivity index is 1.66. The van der Waals surface area contributed by atoms with Crippen LogP contribution in [0, 0.1) is 0 Å². The quantitative estimate of drug-likeness (QED) is 0.498. The normalized spacial score (nSPS) is 14.6. The monoisotopic (exact) mass is 497 g/mol. The molecular weight excluding hydrogens is 476 g/mol. The predicted octanol–water partition coefficient (Wildman–Crippen LogP) is 5.17. The van der Waals surface area contributed by atoms with Crippen LogP contribution in [0.3, 0.4) is 0 Å². The van der Waals surface area contributed by atoms with E-state index in [0.29, 0.717) is 35.5 Å². The van der Waals surface area contributed by atoms with E-state index in [1.807, 2.05) is 13.8 Å². The summed E-state index contributed by atoms with van der Waals surface area (Å²) >= 11 is 0. The Hall–Kier alpha value is -3.51. The van der Waals surface area contributed by atoms with Gasteiger partial charge in [0.05, 0.1) is 23.7 Å². The van der Waals surface area contributed by atoms with Crippen LogP contribution in [0.4, 0.5) is 43.8 Å². The fraction of sp³-hybridized carbons (Fsp3) is 0.409. The first-order chi connectivity index (χ1) is 16.4. The molecule has 0 spiro atoms. The molecule has 0 fully saturated rings. The third kappa shape index (κ3) is 5.43. The van der Waals surface area contributed by atoms with Crippen LogP contribution in [-0.4, -0.2) is 38.0 Å². The zero-order valence-electron chi connectivity index (χ0n) is 18.7.